The summed E-state index contributed by atoms with van der Waals surface area (Å²) in [4.78, 5) is 0.103. The fourth-order valence-electron chi connectivity index (χ4n) is 1.67. The summed E-state index contributed by atoms with van der Waals surface area (Å²) in [6.45, 7) is 1.85. The monoisotopic (exact) mass is 325 g/mol. The van der Waals surface area contributed by atoms with Crippen LogP contribution < -0.4 is 9.44 Å². The molecular formula is C13H13N2O4S2-. The molecule has 2 rings (SSSR count). The van der Waals surface area contributed by atoms with E-state index in [2.05, 4.69) is 9.44 Å². The molecule has 21 heavy (non-hydrogen) atoms. The predicted octanol–water partition coefficient (Wildman–Crippen LogP) is 2.00. The number of aryl methyl sites for hydroxylation is 1. The van der Waals surface area contributed by atoms with E-state index in [0.717, 1.165) is 5.56 Å². The third-order valence-corrected chi connectivity index (χ3v) is 4.46. The van der Waals surface area contributed by atoms with Gasteiger partial charge in [0, 0.05) is 11.3 Å². The highest BCUT2D eigenvalue weighted by atomic mass is 32.2. The third kappa shape index (κ3) is 4.03. The molecule has 0 saturated carbocycles. The molecule has 8 heteroatoms. The van der Waals surface area contributed by atoms with Crippen molar-refractivity contribution in [3.05, 3.63) is 54.1 Å². The summed E-state index contributed by atoms with van der Waals surface area (Å²) in [5, 5.41) is 0. The summed E-state index contributed by atoms with van der Waals surface area (Å²) in [7, 11) is -3.78. The zero-order valence-corrected chi connectivity index (χ0v) is 12.7. The van der Waals surface area contributed by atoms with Crippen molar-refractivity contribution in [2.45, 2.75) is 11.8 Å². The molecule has 0 fully saturated rings. The van der Waals surface area contributed by atoms with Crippen LogP contribution in [0.15, 0.2) is 53.4 Å². The van der Waals surface area contributed by atoms with Crippen LogP contribution in [0.5, 0.6) is 0 Å². The Kier molecular flexibility index (Phi) is 4.61. The SMILES string of the molecule is Cc1ccc(S(=O)(=O)Nc2ccccc2NS(=O)[O-])cc1. The molecule has 1 atom stereocenters. The molecule has 0 heterocycles. The first-order valence-electron chi connectivity index (χ1n) is 5.93. The number of nitrogens with one attached hydrogen (secondary N) is 2. The molecule has 112 valence electrons. The summed E-state index contributed by atoms with van der Waals surface area (Å²) in [6.07, 6.45) is 0. The fraction of sp³-hybridized carbons (Fsp3) is 0.0769. The third-order valence-electron chi connectivity index (χ3n) is 2.70. The van der Waals surface area contributed by atoms with E-state index in [4.69, 9.17) is 0 Å². The second kappa shape index (κ2) is 6.25. The normalized spacial score (nSPS) is 12.7. The van der Waals surface area contributed by atoms with E-state index < -0.39 is 21.3 Å². The van der Waals surface area contributed by atoms with E-state index in [9.17, 15) is 17.2 Å². The van der Waals surface area contributed by atoms with E-state index in [1.165, 1.54) is 24.3 Å². The summed E-state index contributed by atoms with van der Waals surface area (Å²) < 4.78 is 50.4. The molecule has 0 aliphatic heterocycles. The molecule has 2 aromatic rings. The van der Waals surface area contributed by atoms with Gasteiger partial charge in [-0.25, -0.2) is 8.42 Å². The molecule has 2 N–H and O–H groups in total. The van der Waals surface area contributed by atoms with Crippen molar-refractivity contribution in [2.24, 2.45) is 0 Å². The Labute approximate surface area is 125 Å². The van der Waals surface area contributed by atoms with Crippen LogP contribution in [-0.4, -0.2) is 17.2 Å². The average Bonchev–Trinajstić information content (AvgIpc) is 2.40. The van der Waals surface area contributed by atoms with Crippen LogP contribution in [-0.2, 0) is 21.3 Å². The van der Waals surface area contributed by atoms with Crippen LogP contribution in [0.3, 0.4) is 0 Å². The van der Waals surface area contributed by atoms with Gasteiger partial charge in [0.05, 0.1) is 16.3 Å². The molecule has 1 unspecified atom stereocenters. The minimum Gasteiger partial charge on any atom is -0.755 e. The number of benzene rings is 2. The maximum absolute atomic E-state index is 12.3. The van der Waals surface area contributed by atoms with Crippen molar-refractivity contribution >= 4 is 32.7 Å². The molecule has 0 radical (unpaired) electrons. The van der Waals surface area contributed by atoms with Gasteiger partial charge in [0.2, 0.25) is 0 Å². The van der Waals surface area contributed by atoms with Crippen LogP contribution in [0, 0.1) is 6.92 Å². The largest absolute Gasteiger partial charge is 0.755 e. The predicted molar refractivity (Wildman–Crippen MR) is 81.0 cm³/mol. The fourth-order valence-corrected chi connectivity index (χ4v) is 3.11. The number of sulfonamides is 1. The number of anilines is 2. The summed E-state index contributed by atoms with van der Waals surface area (Å²) in [5.74, 6) is 0. The lowest BCUT2D eigenvalue weighted by molar-refractivity contribution is 0.542. The Morgan fingerprint density at radius 3 is 2.14 bits per heavy atom. The Balaban J connectivity index is 2.33. The van der Waals surface area contributed by atoms with Gasteiger partial charge in [-0.05, 0) is 31.2 Å². The molecule has 0 spiro atoms. The van der Waals surface area contributed by atoms with E-state index in [1.807, 2.05) is 6.92 Å². The molecule has 0 aliphatic rings. The van der Waals surface area contributed by atoms with Gasteiger partial charge in [-0.1, -0.05) is 29.8 Å². The lowest BCUT2D eigenvalue weighted by atomic mass is 10.2. The van der Waals surface area contributed by atoms with Crippen molar-refractivity contribution in [3.8, 4) is 0 Å². The van der Waals surface area contributed by atoms with Crippen molar-refractivity contribution in [1.82, 2.24) is 0 Å². The minimum absolute atomic E-state index is 0.103. The molecule has 0 aliphatic carbocycles. The van der Waals surface area contributed by atoms with Gasteiger partial charge in [-0.15, -0.1) is 0 Å². The van der Waals surface area contributed by atoms with Crippen LogP contribution in [0.1, 0.15) is 5.56 Å². The lowest BCUT2D eigenvalue weighted by Gasteiger charge is -2.15. The quantitative estimate of drug-likeness (QED) is 0.821. The molecule has 2 aromatic carbocycles. The van der Waals surface area contributed by atoms with E-state index in [1.54, 1.807) is 24.3 Å². The molecule has 0 aromatic heterocycles. The van der Waals surface area contributed by atoms with Crippen LogP contribution in [0.4, 0.5) is 11.4 Å². The topological polar surface area (TPSA) is 98.3 Å². The van der Waals surface area contributed by atoms with Crippen molar-refractivity contribution in [2.75, 3.05) is 9.44 Å². The van der Waals surface area contributed by atoms with E-state index in [0.29, 0.717) is 0 Å². The molecule has 0 bridgehead atoms. The zero-order valence-electron chi connectivity index (χ0n) is 11.1. The standard InChI is InChI=1S/C13H14N2O4S2/c1-10-6-8-11(9-7-10)21(18,19)15-13-5-3-2-4-12(13)14-20(16)17/h2-9,14-15H,1H3,(H,16,17)/p-1. The van der Waals surface area contributed by atoms with Crippen molar-refractivity contribution in [3.63, 3.8) is 0 Å². The Morgan fingerprint density at radius 2 is 1.57 bits per heavy atom. The summed E-state index contributed by atoms with van der Waals surface area (Å²) >= 11 is -2.54. The van der Waals surface area contributed by atoms with Gasteiger partial charge in [0.25, 0.3) is 10.0 Å². The maximum Gasteiger partial charge on any atom is 0.261 e. The van der Waals surface area contributed by atoms with Crippen LogP contribution in [0.25, 0.3) is 0 Å². The molecule has 6 nitrogen and oxygen atoms in total. The Bertz CT molecular complexity index is 758. The molecular weight excluding hydrogens is 312 g/mol. The van der Waals surface area contributed by atoms with Gasteiger partial charge in [0.15, 0.2) is 0 Å². The van der Waals surface area contributed by atoms with Gasteiger partial charge < -0.3 is 9.27 Å². The summed E-state index contributed by atoms with van der Waals surface area (Å²) in [6, 6.07) is 12.5. The number of hydrogen-bond donors (Lipinski definition) is 2. The first-order chi connectivity index (χ1) is 9.88. The zero-order chi connectivity index (χ0) is 15.5. The van der Waals surface area contributed by atoms with E-state index >= 15 is 0 Å². The smallest absolute Gasteiger partial charge is 0.261 e. The Hall–Kier alpha value is -1.90. The highest BCUT2D eigenvalue weighted by Gasteiger charge is 2.15. The first-order valence-corrected chi connectivity index (χ1v) is 8.49. The lowest BCUT2D eigenvalue weighted by Crippen LogP contribution is -2.15. The second-order valence-corrected chi connectivity index (χ2v) is 6.66. The van der Waals surface area contributed by atoms with Gasteiger partial charge in [-0.3, -0.25) is 8.93 Å². The van der Waals surface area contributed by atoms with Gasteiger partial charge in [-0.2, -0.15) is 0 Å². The summed E-state index contributed by atoms with van der Waals surface area (Å²) in [5.41, 5.74) is 1.25. The van der Waals surface area contributed by atoms with Crippen molar-refractivity contribution in [1.29, 1.82) is 0 Å². The first kappa shape index (κ1) is 15.5. The van der Waals surface area contributed by atoms with E-state index in [-0.39, 0.29) is 16.3 Å². The minimum atomic E-state index is -3.78. The highest BCUT2D eigenvalue weighted by Crippen LogP contribution is 2.24. The van der Waals surface area contributed by atoms with Crippen molar-refractivity contribution < 1.29 is 17.2 Å². The van der Waals surface area contributed by atoms with Crippen LogP contribution in [0.2, 0.25) is 0 Å². The number of para-hydroxylation sites is 2. The maximum atomic E-state index is 12.3. The Morgan fingerprint density at radius 1 is 1.00 bits per heavy atom. The van der Waals surface area contributed by atoms with Gasteiger partial charge in [0.1, 0.15) is 0 Å². The second-order valence-electron chi connectivity index (χ2n) is 4.30. The highest BCUT2D eigenvalue weighted by molar-refractivity contribution is 7.92. The average molecular weight is 325 g/mol. The molecule has 0 saturated heterocycles. The van der Waals surface area contributed by atoms with Gasteiger partial charge >= 0.3 is 0 Å². The van der Waals surface area contributed by atoms with Crippen LogP contribution >= 0.6 is 0 Å². The molecule has 0 amide bonds. The number of rotatable bonds is 5. The number of hydrogen-bond acceptors (Lipinski definition) is 4.